The summed E-state index contributed by atoms with van der Waals surface area (Å²) in [5.74, 6) is 0.859. The summed E-state index contributed by atoms with van der Waals surface area (Å²) < 4.78 is 25.7. The Morgan fingerprint density at radius 2 is 1.82 bits per heavy atom. The first-order chi connectivity index (χ1) is 16.4. The smallest absolute Gasteiger partial charge is 0.245 e. The molecule has 0 amide bonds. The number of benzene rings is 2. The largest absolute Gasteiger partial charge is 0.396 e. The lowest BCUT2D eigenvalue weighted by molar-refractivity contribution is 0.203. The van der Waals surface area contributed by atoms with Gasteiger partial charge in [-0.1, -0.05) is 12.1 Å². The van der Waals surface area contributed by atoms with Crippen LogP contribution in [0.2, 0.25) is 0 Å². The number of sulfone groups is 1. The first-order valence-electron chi connectivity index (χ1n) is 11.3. The predicted molar refractivity (Wildman–Crippen MR) is 133 cm³/mol. The van der Waals surface area contributed by atoms with Crippen LogP contribution < -0.4 is 10.2 Å². The Kier molecular flexibility index (Phi) is 5.97. The Morgan fingerprint density at radius 3 is 2.53 bits per heavy atom. The maximum atomic E-state index is 12.0. The minimum atomic E-state index is -3.30. The van der Waals surface area contributed by atoms with Crippen LogP contribution in [-0.2, 0) is 9.84 Å². The number of fused-ring (bicyclic) bond motifs is 1. The lowest BCUT2D eigenvalue weighted by Crippen LogP contribution is -2.34. The van der Waals surface area contributed by atoms with Crippen LogP contribution in [-0.4, -0.2) is 54.1 Å². The molecule has 4 aromatic rings. The van der Waals surface area contributed by atoms with Crippen molar-refractivity contribution < 1.29 is 13.5 Å². The van der Waals surface area contributed by atoms with E-state index in [4.69, 9.17) is 0 Å². The molecule has 2 aromatic carbocycles. The molecular weight excluding hydrogens is 450 g/mol. The molecule has 0 saturated carbocycles. The van der Waals surface area contributed by atoms with Gasteiger partial charge in [0.1, 0.15) is 0 Å². The number of hydrogen-bond donors (Lipinski definition) is 2. The molecule has 1 aliphatic rings. The second kappa shape index (κ2) is 9.08. The number of anilines is 3. The van der Waals surface area contributed by atoms with Gasteiger partial charge >= 0.3 is 0 Å². The highest BCUT2D eigenvalue weighted by Gasteiger charge is 2.18. The Hall–Kier alpha value is -3.43. The molecular formula is C25H27N5O3S. The molecule has 34 heavy (non-hydrogen) atoms. The second-order valence-electron chi connectivity index (χ2n) is 8.72. The van der Waals surface area contributed by atoms with Crippen molar-refractivity contribution in [3.63, 3.8) is 0 Å². The van der Waals surface area contributed by atoms with E-state index in [0.29, 0.717) is 11.9 Å². The summed E-state index contributed by atoms with van der Waals surface area (Å²) in [6.45, 7) is 2.18. The second-order valence-corrected chi connectivity index (χ2v) is 10.7. The van der Waals surface area contributed by atoms with Crippen molar-refractivity contribution >= 4 is 32.7 Å². The molecule has 2 N–H and O–H groups in total. The third-order valence-electron chi connectivity index (χ3n) is 6.32. The molecule has 1 aliphatic heterocycles. The standard InChI is InChI=1S/C25H27N5O3S/c1-34(32,33)23-4-2-3-19(15-23)24-10-9-22-16-26-25(28-30(22)24)27-20-5-7-21(8-6-20)29-13-11-18(17-31)12-14-29/h2-10,15-16,18,31H,11-14,17H2,1H3,(H,27,28). The molecule has 1 saturated heterocycles. The molecule has 1 fully saturated rings. The van der Waals surface area contributed by atoms with Gasteiger partial charge in [0.25, 0.3) is 0 Å². The number of hydrogen-bond acceptors (Lipinski definition) is 7. The van der Waals surface area contributed by atoms with E-state index in [1.807, 2.05) is 30.3 Å². The minimum Gasteiger partial charge on any atom is -0.396 e. The Labute approximate surface area is 198 Å². The van der Waals surface area contributed by atoms with E-state index in [9.17, 15) is 13.5 Å². The fourth-order valence-corrected chi connectivity index (χ4v) is 4.99. The van der Waals surface area contributed by atoms with Gasteiger partial charge in [0.05, 0.1) is 22.3 Å². The molecule has 8 nitrogen and oxygen atoms in total. The van der Waals surface area contributed by atoms with Gasteiger partial charge in [-0.3, -0.25) is 0 Å². The molecule has 3 heterocycles. The van der Waals surface area contributed by atoms with Crippen molar-refractivity contribution in [3.8, 4) is 11.3 Å². The molecule has 5 rings (SSSR count). The van der Waals surface area contributed by atoms with Crippen LogP contribution in [0.3, 0.4) is 0 Å². The molecule has 9 heteroatoms. The highest BCUT2D eigenvalue weighted by molar-refractivity contribution is 7.90. The van der Waals surface area contributed by atoms with E-state index in [0.717, 1.165) is 54.1 Å². The van der Waals surface area contributed by atoms with Gasteiger partial charge in [0.15, 0.2) is 9.84 Å². The van der Waals surface area contributed by atoms with Crippen LogP contribution in [0.15, 0.2) is 71.8 Å². The molecule has 0 atom stereocenters. The van der Waals surface area contributed by atoms with Gasteiger partial charge in [0, 0.05) is 42.9 Å². The lowest BCUT2D eigenvalue weighted by Gasteiger charge is -2.32. The van der Waals surface area contributed by atoms with Crippen molar-refractivity contribution in [2.75, 3.05) is 36.2 Å². The van der Waals surface area contributed by atoms with Crippen LogP contribution in [0.4, 0.5) is 17.3 Å². The van der Waals surface area contributed by atoms with Crippen LogP contribution in [0.5, 0.6) is 0 Å². The van der Waals surface area contributed by atoms with E-state index < -0.39 is 9.84 Å². The van der Waals surface area contributed by atoms with Crippen molar-refractivity contribution in [1.82, 2.24) is 14.6 Å². The van der Waals surface area contributed by atoms with E-state index in [-0.39, 0.29) is 11.5 Å². The summed E-state index contributed by atoms with van der Waals surface area (Å²) >= 11 is 0. The molecule has 2 aromatic heterocycles. The van der Waals surface area contributed by atoms with Crippen LogP contribution in [0.1, 0.15) is 12.8 Å². The predicted octanol–water partition coefficient (Wildman–Crippen LogP) is 3.75. The highest BCUT2D eigenvalue weighted by atomic mass is 32.2. The number of piperidine rings is 1. The van der Waals surface area contributed by atoms with Gasteiger partial charge in [-0.15, -0.1) is 5.10 Å². The third kappa shape index (κ3) is 4.62. The van der Waals surface area contributed by atoms with Gasteiger partial charge in [-0.2, -0.15) is 0 Å². The number of aliphatic hydroxyl groups excluding tert-OH is 1. The molecule has 0 radical (unpaired) electrons. The maximum absolute atomic E-state index is 12.0. The number of nitrogens with one attached hydrogen (secondary N) is 1. The quantitative estimate of drug-likeness (QED) is 0.436. The number of aromatic nitrogens is 3. The van der Waals surface area contributed by atoms with Crippen LogP contribution in [0, 0.1) is 5.92 Å². The van der Waals surface area contributed by atoms with Crippen molar-refractivity contribution in [2.45, 2.75) is 17.7 Å². The zero-order valence-corrected chi connectivity index (χ0v) is 19.7. The maximum Gasteiger partial charge on any atom is 0.245 e. The van der Waals surface area contributed by atoms with Crippen LogP contribution in [0.25, 0.3) is 16.8 Å². The summed E-state index contributed by atoms with van der Waals surface area (Å²) in [5, 5.41) is 17.2. The van der Waals surface area contributed by atoms with E-state index in [1.165, 1.54) is 6.26 Å². The summed E-state index contributed by atoms with van der Waals surface area (Å²) in [5.41, 5.74) is 4.40. The zero-order valence-electron chi connectivity index (χ0n) is 18.9. The van der Waals surface area contributed by atoms with Gasteiger partial charge in [-0.05, 0) is 67.3 Å². The van der Waals surface area contributed by atoms with Gasteiger partial charge in [0.2, 0.25) is 5.95 Å². The Bertz CT molecular complexity index is 1410. The van der Waals surface area contributed by atoms with Crippen molar-refractivity contribution in [3.05, 3.63) is 66.9 Å². The Balaban J connectivity index is 1.36. The molecule has 0 unspecified atom stereocenters. The minimum absolute atomic E-state index is 0.271. The fraction of sp³-hybridized carbons (Fsp3) is 0.280. The first-order valence-corrected chi connectivity index (χ1v) is 13.2. The number of nitrogens with zero attached hydrogens (tertiary/aromatic N) is 4. The topological polar surface area (TPSA) is 99.8 Å². The van der Waals surface area contributed by atoms with E-state index in [1.54, 1.807) is 28.9 Å². The SMILES string of the molecule is CS(=O)(=O)c1cccc(-c2ccc3cnc(Nc4ccc(N5CCC(CO)CC5)cc4)nn23)c1. The lowest BCUT2D eigenvalue weighted by atomic mass is 9.97. The van der Waals surface area contributed by atoms with Crippen molar-refractivity contribution in [2.24, 2.45) is 5.92 Å². The average molecular weight is 478 g/mol. The fourth-order valence-electron chi connectivity index (χ4n) is 4.32. The third-order valence-corrected chi connectivity index (χ3v) is 7.43. The van der Waals surface area contributed by atoms with E-state index in [2.05, 4.69) is 32.4 Å². The monoisotopic (exact) mass is 477 g/mol. The molecule has 176 valence electrons. The van der Waals surface area contributed by atoms with Crippen molar-refractivity contribution in [1.29, 1.82) is 0 Å². The zero-order chi connectivity index (χ0) is 23.7. The number of rotatable bonds is 6. The summed E-state index contributed by atoms with van der Waals surface area (Å²) in [6, 6.07) is 18.8. The summed E-state index contributed by atoms with van der Waals surface area (Å²) in [6.07, 6.45) is 4.96. The first kappa shape index (κ1) is 22.4. The normalized spacial score (nSPS) is 15.1. The molecule has 0 spiro atoms. The highest BCUT2D eigenvalue weighted by Crippen LogP contribution is 2.27. The van der Waals surface area contributed by atoms with Gasteiger partial charge in [-0.25, -0.2) is 17.9 Å². The van der Waals surface area contributed by atoms with Gasteiger partial charge < -0.3 is 15.3 Å². The van der Waals surface area contributed by atoms with Crippen LogP contribution >= 0.6 is 0 Å². The Morgan fingerprint density at radius 1 is 1.06 bits per heavy atom. The van der Waals surface area contributed by atoms with E-state index >= 15 is 0 Å². The number of aliphatic hydroxyl groups is 1. The average Bonchev–Trinajstić information content (AvgIpc) is 3.27. The molecule has 0 bridgehead atoms. The summed E-state index contributed by atoms with van der Waals surface area (Å²) in [4.78, 5) is 7.04. The summed E-state index contributed by atoms with van der Waals surface area (Å²) in [7, 11) is -3.30. The molecule has 0 aliphatic carbocycles.